The molecule has 0 aliphatic rings. The van der Waals surface area contributed by atoms with Crippen molar-refractivity contribution >= 4 is 0 Å². The molecule has 0 aliphatic heterocycles. The van der Waals surface area contributed by atoms with E-state index in [0.717, 1.165) is 12.1 Å². The van der Waals surface area contributed by atoms with Crippen molar-refractivity contribution in [2.24, 2.45) is 5.41 Å². The Labute approximate surface area is 82.9 Å². The van der Waals surface area contributed by atoms with Gasteiger partial charge in [-0.05, 0) is 31.8 Å². The second-order valence-corrected chi connectivity index (χ2v) is 5.48. The zero-order valence-electron chi connectivity index (χ0n) is 9.70. The zero-order valence-corrected chi connectivity index (χ0v) is 9.70. The van der Waals surface area contributed by atoms with E-state index in [2.05, 4.69) is 53.1 Å². The van der Waals surface area contributed by atoms with Gasteiger partial charge in [0.05, 0.1) is 0 Å². The van der Waals surface area contributed by atoms with Crippen LogP contribution in [0.1, 0.15) is 41.0 Å². The number of nitrogens with one attached hydrogen (secondary N) is 1. The summed E-state index contributed by atoms with van der Waals surface area (Å²) in [6.07, 6.45) is 2.86. The van der Waals surface area contributed by atoms with Crippen LogP contribution in [0.25, 0.3) is 0 Å². The fourth-order valence-corrected chi connectivity index (χ4v) is 1.86. The van der Waals surface area contributed by atoms with Gasteiger partial charge in [0.25, 0.3) is 0 Å². The molecule has 1 heteroatoms. The molecule has 0 bridgehead atoms. The molecular formula is C12H23N. The molecule has 0 aromatic rings. The van der Waals surface area contributed by atoms with Gasteiger partial charge in [0, 0.05) is 11.2 Å². The zero-order chi connectivity index (χ0) is 10.7. The van der Waals surface area contributed by atoms with Crippen molar-refractivity contribution in [3.05, 3.63) is 24.9 Å². The van der Waals surface area contributed by atoms with Gasteiger partial charge in [-0.1, -0.05) is 33.9 Å². The van der Waals surface area contributed by atoms with Crippen LogP contribution in [0, 0.1) is 5.41 Å². The maximum atomic E-state index is 3.86. The van der Waals surface area contributed by atoms with Gasteiger partial charge in [-0.2, -0.15) is 0 Å². The molecule has 0 atom stereocenters. The first-order valence-corrected chi connectivity index (χ1v) is 4.76. The lowest BCUT2D eigenvalue weighted by molar-refractivity contribution is 0.258. The Hall–Kier alpha value is -0.720. The van der Waals surface area contributed by atoms with Crippen LogP contribution < -0.4 is 5.32 Å². The maximum absolute atomic E-state index is 3.86. The molecule has 0 spiro atoms. The lowest BCUT2D eigenvalue weighted by Crippen LogP contribution is -2.41. The van der Waals surface area contributed by atoms with Crippen LogP contribution in [-0.2, 0) is 0 Å². The molecular weight excluding hydrogens is 158 g/mol. The summed E-state index contributed by atoms with van der Waals surface area (Å²) in [6, 6.07) is 0. The fourth-order valence-electron chi connectivity index (χ4n) is 1.86. The van der Waals surface area contributed by atoms with E-state index in [1.807, 2.05) is 0 Å². The topological polar surface area (TPSA) is 12.0 Å². The van der Waals surface area contributed by atoms with E-state index in [4.69, 9.17) is 0 Å². The highest BCUT2D eigenvalue weighted by Gasteiger charge is 2.24. The predicted molar refractivity (Wildman–Crippen MR) is 60.6 cm³/mol. The summed E-state index contributed by atoms with van der Waals surface area (Å²) in [5.74, 6) is 0. The molecule has 0 aliphatic carbocycles. The minimum absolute atomic E-state index is 0.0868. The lowest BCUT2D eigenvalue weighted by Gasteiger charge is -2.34. The average Bonchev–Trinajstić information content (AvgIpc) is 1.80. The molecule has 0 rings (SSSR count). The minimum Gasteiger partial charge on any atom is -0.381 e. The molecule has 0 amide bonds. The Kier molecular flexibility index (Phi) is 3.77. The van der Waals surface area contributed by atoms with Crippen molar-refractivity contribution in [1.82, 2.24) is 5.32 Å². The molecule has 0 unspecified atom stereocenters. The van der Waals surface area contributed by atoms with Crippen molar-refractivity contribution in [2.75, 3.05) is 0 Å². The molecule has 0 saturated heterocycles. The molecule has 0 radical (unpaired) electrons. The summed E-state index contributed by atoms with van der Waals surface area (Å²) in [7, 11) is 0. The van der Waals surface area contributed by atoms with Gasteiger partial charge in [-0.3, -0.25) is 0 Å². The molecule has 1 nitrogen and oxygen atoms in total. The van der Waals surface area contributed by atoms with Crippen molar-refractivity contribution in [3.63, 3.8) is 0 Å². The minimum atomic E-state index is 0.0868. The van der Waals surface area contributed by atoms with E-state index in [1.165, 1.54) is 0 Å². The van der Waals surface area contributed by atoms with Gasteiger partial charge in [0.2, 0.25) is 0 Å². The normalized spacial score (nSPS) is 12.4. The number of hydrogen-bond acceptors (Lipinski definition) is 1. The third-order valence-electron chi connectivity index (χ3n) is 1.72. The van der Waals surface area contributed by atoms with E-state index in [9.17, 15) is 0 Å². The highest BCUT2D eigenvalue weighted by Crippen LogP contribution is 2.27. The van der Waals surface area contributed by atoms with E-state index in [0.29, 0.717) is 5.41 Å². The van der Waals surface area contributed by atoms with Crippen LogP contribution in [-0.4, -0.2) is 5.54 Å². The van der Waals surface area contributed by atoms with Crippen molar-refractivity contribution in [2.45, 2.75) is 46.6 Å². The van der Waals surface area contributed by atoms with Crippen LogP contribution >= 0.6 is 0 Å². The third kappa shape index (κ3) is 6.44. The van der Waals surface area contributed by atoms with Crippen LogP contribution in [0.15, 0.2) is 24.9 Å². The first kappa shape index (κ1) is 12.3. The SMILES string of the molecule is C=CC(=C)NC(C)(C)CC(C)(C)C. The molecule has 0 heterocycles. The Morgan fingerprint density at radius 1 is 1.23 bits per heavy atom. The van der Waals surface area contributed by atoms with Crippen LogP contribution in [0.4, 0.5) is 0 Å². The average molecular weight is 181 g/mol. The van der Waals surface area contributed by atoms with Crippen molar-refractivity contribution in [1.29, 1.82) is 0 Å². The van der Waals surface area contributed by atoms with Gasteiger partial charge in [0.1, 0.15) is 0 Å². The first-order chi connectivity index (χ1) is 5.66. The largest absolute Gasteiger partial charge is 0.381 e. The number of hydrogen-bond donors (Lipinski definition) is 1. The summed E-state index contributed by atoms with van der Waals surface area (Å²) >= 11 is 0. The Balaban J connectivity index is 4.24. The molecule has 76 valence electrons. The summed E-state index contributed by atoms with van der Waals surface area (Å²) < 4.78 is 0. The first-order valence-electron chi connectivity index (χ1n) is 4.76. The number of allylic oxidation sites excluding steroid dienone is 1. The van der Waals surface area contributed by atoms with Gasteiger partial charge >= 0.3 is 0 Å². The fraction of sp³-hybridized carbons (Fsp3) is 0.667. The van der Waals surface area contributed by atoms with Crippen LogP contribution in [0.5, 0.6) is 0 Å². The molecule has 0 fully saturated rings. The second-order valence-electron chi connectivity index (χ2n) is 5.48. The molecule has 1 N–H and O–H groups in total. The van der Waals surface area contributed by atoms with Gasteiger partial charge in [-0.15, -0.1) is 0 Å². The molecule has 0 aromatic heterocycles. The molecule has 13 heavy (non-hydrogen) atoms. The van der Waals surface area contributed by atoms with E-state index in [-0.39, 0.29) is 5.54 Å². The van der Waals surface area contributed by atoms with E-state index >= 15 is 0 Å². The van der Waals surface area contributed by atoms with Crippen LogP contribution in [0.2, 0.25) is 0 Å². The Bertz CT molecular complexity index is 194. The summed E-state index contributed by atoms with van der Waals surface area (Å²) in [5.41, 5.74) is 1.32. The molecule has 0 saturated carbocycles. The quantitative estimate of drug-likeness (QED) is 0.655. The van der Waals surface area contributed by atoms with E-state index < -0.39 is 0 Å². The van der Waals surface area contributed by atoms with Crippen LogP contribution in [0.3, 0.4) is 0 Å². The molecule has 0 aromatic carbocycles. The van der Waals surface area contributed by atoms with E-state index in [1.54, 1.807) is 6.08 Å². The second kappa shape index (κ2) is 3.99. The standard InChI is InChI=1S/C12H23N/c1-8-10(2)13-12(6,7)9-11(3,4)5/h8,13H,1-2,9H2,3-7H3. The lowest BCUT2D eigenvalue weighted by atomic mass is 9.81. The van der Waals surface area contributed by atoms with Gasteiger partial charge in [-0.25, -0.2) is 0 Å². The smallest absolute Gasteiger partial charge is 0.0322 e. The highest BCUT2D eigenvalue weighted by atomic mass is 15.0. The summed E-state index contributed by atoms with van der Waals surface area (Å²) in [6.45, 7) is 18.6. The maximum Gasteiger partial charge on any atom is 0.0322 e. The van der Waals surface area contributed by atoms with Gasteiger partial charge in [0.15, 0.2) is 0 Å². The number of rotatable bonds is 4. The van der Waals surface area contributed by atoms with Gasteiger partial charge < -0.3 is 5.32 Å². The highest BCUT2D eigenvalue weighted by molar-refractivity contribution is 5.11. The van der Waals surface area contributed by atoms with Crippen molar-refractivity contribution in [3.8, 4) is 0 Å². The third-order valence-corrected chi connectivity index (χ3v) is 1.72. The predicted octanol–water partition coefficient (Wildman–Crippen LogP) is 3.49. The summed E-state index contributed by atoms with van der Waals surface area (Å²) in [4.78, 5) is 0. The Morgan fingerprint density at radius 2 is 1.69 bits per heavy atom. The van der Waals surface area contributed by atoms with Crippen molar-refractivity contribution < 1.29 is 0 Å². The summed E-state index contributed by atoms with van der Waals surface area (Å²) in [5, 5.41) is 3.35. The Morgan fingerprint density at radius 3 is 2.00 bits per heavy atom. The monoisotopic (exact) mass is 181 g/mol.